The molecule has 0 aliphatic heterocycles. The molecule has 3 rings (SSSR count). The molecule has 0 fully saturated rings. The Kier molecular flexibility index (Phi) is 5.17. The molecule has 6 heteroatoms. The van der Waals surface area contributed by atoms with Crippen LogP contribution in [0.4, 0.5) is 0 Å². The average molecular weight is 360 g/mol. The Hall–Kier alpha value is -3.67. The molecule has 0 saturated carbocycles. The Labute approximate surface area is 157 Å². The van der Waals surface area contributed by atoms with Crippen LogP contribution < -0.4 is 10.1 Å². The number of benzene rings is 2. The number of nitrogens with one attached hydrogen (secondary N) is 1. The third kappa shape index (κ3) is 3.64. The third-order valence-electron chi connectivity index (χ3n) is 4.12. The van der Waals surface area contributed by atoms with Crippen molar-refractivity contribution in [3.8, 4) is 16.9 Å². The molecule has 0 spiro atoms. The Morgan fingerprint density at radius 1 is 1.26 bits per heavy atom. The van der Waals surface area contributed by atoms with E-state index in [-0.39, 0.29) is 5.91 Å². The van der Waals surface area contributed by atoms with Gasteiger partial charge in [-0.1, -0.05) is 24.8 Å². The fourth-order valence-electron chi connectivity index (χ4n) is 2.85. The number of methoxy groups -OCH3 is 1. The molecular formula is C21H20N4O2. The van der Waals surface area contributed by atoms with Gasteiger partial charge in [0.1, 0.15) is 17.1 Å². The smallest absolute Gasteiger partial charge is 0.256 e. The van der Waals surface area contributed by atoms with E-state index in [0.717, 1.165) is 27.8 Å². The number of amides is 1. The highest BCUT2D eigenvalue weighted by Crippen LogP contribution is 2.33. The van der Waals surface area contributed by atoms with Crippen LogP contribution in [0.5, 0.6) is 5.75 Å². The van der Waals surface area contributed by atoms with Crippen molar-refractivity contribution in [3.05, 3.63) is 72.7 Å². The second-order valence-electron chi connectivity index (χ2n) is 5.86. The number of hydrogen-bond acceptors (Lipinski definition) is 4. The molecule has 1 amide bonds. The van der Waals surface area contributed by atoms with E-state index in [9.17, 15) is 4.79 Å². The first-order valence-electron chi connectivity index (χ1n) is 8.29. The first kappa shape index (κ1) is 18.1. The van der Waals surface area contributed by atoms with Crippen molar-refractivity contribution in [2.45, 2.75) is 0 Å². The van der Waals surface area contributed by atoms with E-state index in [1.165, 1.54) is 6.08 Å². The highest BCUT2D eigenvalue weighted by molar-refractivity contribution is 5.99. The summed E-state index contributed by atoms with van der Waals surface area (Å²) in [4.78, 5) is 16.1. The molecule has 1 N–H and O–H groups in total. The number of carbonyl (C=O) groups excluding carboxylic acids is 1. The van der Waals surface area contributed by atoms with E-state index in [2.05, 4.69) is 28.7 Å². The average Bonchev–Trinajstić information content (AvgIpc) is 3.08. The number of aliphatic imine (C=N–C) groups is 1. The number of allylic oxidation sites excluding steroid dienone is 2. The van der Waals surface area contributed by atoms with Gasteiger partial charge in [-0.15, -0.1) is 0 Å². The summed E-state index contributed by atoms with van der Waals surface area (Å²) in [5.74, 6) is 0.818. The molecule has 3 aromatic rings. The van der Waals surface area contributed by atoms with E-state index in [1.807, 2.05) is 37.5 Å². The van der Waals surface area contributed by atoms with Crippen LogP contribution in [-0.2, 0) is 7.05 Å². The van der Waals surface area contributed by atoms with Crippen LogP contribution in [0.3, 0.4) is 0 Å². The van der Waals surface area contributed by atoms with Gasteiger partial charge in [-0.2, -0.15) is 5.10 Å². The number of rotatable bonds is 6. The predicted octanol–water partition coefficient (Wildman–Crippen LogP) is 3.71. The fourth-order valence-corrected chi connectivity index (χ4v) is 2.85. The first-order valence-corrected chi connectivity index (χ1v) is 8.29. The van der Waals surface area contributed by atoms with Crippen molar-refractivity contribution in [1.29, 1.82) is 0 Å². The van der Waals surface area contributed by atoms with Gasteiger partial charge in [0.05, 0.1) is 7.11 Å². The molecule has 0 saturated heterocycles. The predicted molar refractivity (Wildman–Crippen MR) is 108 cm³/mol. The van der Waals surface area contributed by atoms with Crippen molar-refractivity contribution in [2.24, 2.45) is 12.0 Å². The zero-order chi connectivity index (χ0) is 19.4. The summed E-state index contributed by atoms with van der Waals surface area (Å²) in [7, 11) is 3.50. The normalized spacial score (nSPS) is 11.3. The Balaban J connectivity index is 1.93. The number of hydrogen-bond donors (Lipinski definition) is 1. The minimum Gasteiger partial charge on any atom is -0.494 e. The molecule has 0 aliphatic carbocycles. The number of carbonyl (C=O) groups is 1. The zero-order valence-corrected chi connectivity index (χ0v) is 15.3. The summed E-state index contributed by atoms with van der Waals surface area (Å²) in [6, 6.07) is 11.2. The van der Waals surface area contributed by atoms with E-state index < -0.39 is 0 Å². The molecule has 6 nitrogen and oxygen atoms in total. The van der Waals surface area contributed by atoms with E-state index in [0.29, 0.717) is 11.4 Å². The Morgan fingerprint density at radius 2 is 2.00 bits per heavy atom. The third-order valence-corrected chi connectivity index (χ3v) is 4.12. The van der Waals surface area contributed by atoms with Gasteiger partial charge >= 0.3 is 0 Å². The SMILES string of the molecule is C=C/C=C(\N=C)NC(=O)c1ccc(-c2ccc(OC)c3nn(C)cc23)cc1. The summed E-state index contributed by atoms with van der Waals surface area (Å²) >= 11 is 0. The van der Waals surface area contributed by atoms with Crippen molar-refractivity contribution < 1.29 is 9.53 Å². The summed E-state index contributed by atoms with van der Waals surface area (Å²) in [5.41, 5.74) is 3.32. The standard InChI is InChI=1S/C21H20N4O2/c1-5-6-19(22-2)23-21(26)15-9-7-14(8-10-15)16-11-12-18(27-4)20-17(16)13-25(3)24-20/h5-13H,1-2H2,3-4H3,(H,23,26)/b19-6+. The van der Waals surface area contributed by atoms with Crippen LogP contribution in [0.15, 0.2) is 72.1 Å². The van der Waals surface area contributed by atoms with Gasteiger partial charge in [0.2, 0.25) is 0 Å². The lowest BCUT2D eigenvalue weighted by Crippen LogP contribution is -2.21. The molecule has 2 aromatic carbocycles. The maximum atomic E-state index is 12.3. The minimum absolute atomic E-state index is 0.261. The van der Waals surface area contributed by atoms with Crippen molar-refractivity contribution in [3.63, 3.8) is 0 Å². The molecule has 0 bridgehead atoms. The van der Waals surface area contributed by atoms with Crippen molar-refractivity contribution in [2.75, 3.05) is 7.11 Å². The van der Waals surface area contributed by atoms with Gasteiger partial charge in [-0.25, -0.2) is 4.99 Å². The lowest BCUT2D eigenvalue weighted by molar-refractivity contribution is 0.0965. The molecule has 0 atom stereocenters. The van der Waals surface area contributed by atoms with Crippen LogP contribution in [0.1, 0.15) is 10.4 Å². The largest absolute Gasteiger partial charge is 0.494 e. The summed E-state index contributed by atoms with van der Waals surface area (Å²) in [6.45, 7) is 7.01. The number of aryl methyl sites for hydroxylation is 1. The van der Waals surface area contributed by atoms with Gasteiger partial charge in [-0.3, -0.25) is 9.48 Å². The maximum absolute atomic E-state index is 12.3. The van der Waals surface area contributed by atoms with Crippen LogP contribution >= 0.6 is 0 Å². The van der Waals surface area contributed by atoms with Crippen LogP contribution in [0, 0.1) is 0 Å². The summed E-state index contributed by atoms with van der Waals surface area (Å²) < 4.78 is 7.15. The van der Waals surface area contributed by atoms with Gasteiger partial charge in [0, 0.05) is 24.2 Å². The number of aromatic nitrogens is 2. The van der Waals surface area contributed by atoms with Crippen LogP contribution in [0.2, 0.25) is 0 Å². The lowest BCUT2D eigenvalue weighted by atomic mass is 10.00. The fraction of sp³-hybridized carbons (Fsp3) is 0.0952. The highest BCUT2D eigenvalue weighted by atomic mass is 16.5. The van der Waals surface area contributed by atoms with Gasteiger partial charge in [0.15, 0.2) is 0 Å². The number of ether oxygens (including phenoxy) is 1. The molecule has 1 heterocycles. The van der Waals surface area contributed by atoms with Crippen LogP contribution in [0.25, 0.3) is 22.0 Å². The quantitative estimate of drug-likeness (QED) is 0.538. The van der Waals surface area contributed by atoms with E-state index >= 15 is 0 Å². The molecule has 0 unspecified atom stereocenters. The molecule has 0 aliphatic rings. The first-order chi connectivity index (χ1) is 13.1. The van der Waals surface area contributed by atoms with Gasteiger partial charge in [0.25, 0.3) is 5.91 Å². The Bertz CT molecular complexity index is 1050. The Morgan fingerprint density at radius 3 is 2.63 bits per heavy atom. The minimum atomic E-state index is -0.261. The molecule has 1 aromatic heterocycles. The molecule has 136 valence electrons. The van der Waals surface area contributed by atoms with Gasteiger partial charge in [-0.05, 0) is 48.2 Å². The zero-order valence-electron chi connectivity index (χ0n) is 15.3. The second-order valence-corrected chi connectivity index (χ2v) is 5.86. The number of nitrogens with zero attached hydrogens (tertiary/aromatic N) is 3. The van der Waals surface area contributed by atoms with E-state index in [4.69, 9.17) is 4.74 Å². The molecule has 27 heavy (non-hydrogen) atoms. The topological polar surface area (TPSA) is 68.5 Å². The maximum Gasteiger partial charge on any atom is 0.256 e. The lowest BCUT2D eigenvalue weighted by Gasteiger charge is -2.08. The highest BCUT2D eigenvalue weighted by Gasteiger charge is 2.13. The summed E-state index contributed by atoms with van der Waals surface area (Å²) in [5, 5.41) is 8.14. The molecule has 0 radical (unpaired) electrons. The van der Waals surface area contributed by atoms with E-state index in [1.54, 1.807) is 30.0 Å². The monoisotopic (exact) mass is 360 g/mol. The molecular weight excluding hydrogens is 340 g/mol. The number of fused-ring (bicyclic) bond motifs is 1. The second kappa shape index (κ2) is 7.70. The van der Waals surface area contributed by atoms with Crippen molar-refractivity contribution >= 4 is 23.5 Å². The summed E-state index contributed by atoms with van der Waals surface area (Å²) in [6.07, 6.45) is 5.07. The van der Waals surface area contributed by atoms with Crippen molar-refractivity contribution in [1.82, 2.24) is 15.1 Å². The van der Waals surface area contributed by atoms with Gasteiger partial charge < -0.3 is 10.1 Å². The van der Waals surface area contributed by atoms with Crippen LogP contribution in [-0.4, -0.2) is 29.5 Å².